The lowest BCUT2D eigenvalue weighted by molar-refractivity contribution is 0.0505. The molecule has 1 saturated heterocycles. The number of aliphatic imine (C=N–C) groups is 1. The Balaban J connectivity index is 0.00000280. The maximum Gasteiger partial charge on any atom is 0.191 e. The molecule has 0 bridgehead atoms. The molecule has 0 aliphatic carbocycles. The van der Waals surface area contributed by atoms with E-state index < -0.39 is 0 Å². The molecule has 0 saturated carbocycles. The molecule has 1 fully saturated rings. The van der Waals surface area contributed by atoms with E-state index >= 15 is 0 Å². The first-order valence-corrected chi connectivity index (χ1v) is 10.4. The van der Waals surface area contributed by atoms with Crippen LogP contribution in [0, 0.1) is 0 Å². The van der Waals surface area contributed by atoms with Gasteiger partial charge in [0, 0.05) is 49.4 Å². The predicted molar refractivity (Wildman–Crippen MR) is 128 cm³/mol. The van der Waals surface area contributed by atoms with Gasteiger partial charge in [-0.2, -0.15) is 11.3 Å². The first-order chi connectivity index (χ1) is 13.2. The van der Waals surface area contributed by atoms with E-state index in [-0.39, 0.29) is 29.4 Å². The van der Waals surface area contributed by atoms with Crippen LogP contribution >= 0.6 is 46.9 Å². The Morgan fingerprint density at radius 2 is 2.07 bits per heavy atom. The first-order valence-electron chi connectivity index (χ1n) is 9.04. The summed E-state index contributed by atoms with van der Waals surface area (Å²) in [4.78, 5) is 4.37. The molecule has 1 aromatic carbocycles. The minimum atomic E-state index is -0.117. The third-order valence-electron chi connectivity index (χ3n) is 5.04. The average Bonchev–Trinajstić information content (AvgIpc) is 3.22. The van der Waals surface area contributed by atoms with Gasteiger partial charge in [0.25, 0.3) is 0 Å². The zero-order valence-electron chi connectivity index (χ0n) is 16.2. The lowest BCUT2D eigenvalue weighted by Crippen LogP contribution is -2.48. The fourth-order valence-electron chi connectivity index (χ4n) is 3.45. The van der Waals surface area contributed by atoms with E-state index in [1.807, 2.05) is 18.2 Å². The largest absolute Gasteiger partial charge is 0.496 e. The van der Waals surface area contributed by atoms with E-state index in [9.17, 15) is 0 Å². The van der Waals surface area contributed by atoms with Crippen molar-refractivity contribution in [2.24, 2.45) is 4.99 Å². The molecule has 2 heterocycles. The van der Waals surface area contributed by atoms with Crippen LogP contribution in [0.1, 0.15) is 24.0 Å². The summed E-state index contributed by atoms with van der Waals surface area (Å²) in [6, 6.07) is 7.95. The Labute approximate surface area is 192 Å². The van der Waals surface area contributed by atoms with E-state index in [4.69, 9.17) is 21.1 Å². The van der Waals surface area contributed by atoms with Crippen LogP contribution in [0.15, 0.2) is 40.0 Å². The Bertz CT molecular complexity index is 765. The molecule has 2 aromatic rings. The van der Waals surface area contributed by atoms with Crippen LogP contribution in [-0.2, 0) is 16.7 Å². The number of halogens is 2. The van der Waals surface area contributed by atoms with Crippen LogP contribution in [0.4, 0.5) is 0 Å². The number of guanidine groups is 1. The second-order valence-electron chi connectivity index (χ2n) is 6.65. The normalized spacial score (nSPS) is 16.2. The summed E-state index contributed by atoms with van der Waals surface area (Å²) in [6.07, 6.45) is 1.80. The lowest BCUT2D eigenvalue weighted by atomic mass is 9.73. The van der Waals surface area contributed by atoms with Gasteiger partial charge in [0.05, 0.1) is 7.11 Å². The number of thiophene rings is 1. The number of hydrogen-bond acceptors (Lipinski definition) is 4. The quantitative estimate of drug-likeness (QED) is 0.326. The third kappa shape index (κ3) is 5.75. The molecule has 0 atom stereocenters. The van der Waals surface area contributed by atoms with Gasteiger partial charge in [0.15, 0.2) is 5.96 Å². The third-order valence-corrected chi connectivity index (χ3v) is 6.01. The van der Waals surface area contributed by atoms with Crippen LogP contribution in [0.2, 0.25) is 5.02 Å². The summed E-state index contributed by atoms with van der Waals surface area (Å²) in [5, 5.41) is 11.8. The van der Waals surface area contributed by atoms with Gasteiger partial charge in [-0.15, -0.1) is 24.0 Å². The van der Waals surface area contributed by atoms with Crippen molar-refractivity contribution in [3.63, 3.8) is 0 Å². The van der Waals surface area contributed by atoms with E-state index in [1.54, 1.807) is 25.5 Å². The maximum absolute atomic E-state index is 6.31. The van der Waals surface area contributed by atoms with Crippen LogP contribution in [0.3, 0.4) is 0 Å². The molecule has 0 amide bonds. The first kappa shape index (κ1) is 23.3. The summed E-state index contributed by atoms with van der Waals surface area (Å²) >= 11 is 8.01. The fourth-order valence-corrected chi connectivity index (χ4v) is 4.29. The van der Waals surface area contributed by atoms with Gasteiger partial charge in [-0.3, -0.25) is 4.99 Å². The van der Waals surface area contributed by atoms with Crippen molar-refractivity contribution in [3.05, 3.63) is 51.2 Å². The molecule has 5 nitrogen and oxygen atoms in total. The molecular formula is C20H27ClIN3O2S. The number of methoxy groups -OCH3 is 1. The van der Waals surface area contributed by atoms with E-state index in [0.29, 0.717) is 0 Å². The van der Waals surface area contributed by atoms with E-state index in [0.717, 1.165) is 61.4 Å². The van der Waals surface area contributed by atoms with Gasteiger partial charge in [-0.05, 0) is 53.4 Å². The highest BCUT2D eigenvalue weighted by molar-refractivity contribution is 14.0. The summed E-state index contributed by atoms with van der Waals surface area (Å²) < 4.78 is 11.3. The number of ether oxygens (including phenoxy) is 2. The Hall–Kier alpha value is -1.03. The Morgan fingerprint density at radius 1 is 1.29 bits per heavy atom. The highest BCUT2D eigenvalue weighted by atomic mass is 127. The number of hydrogen-bond donors (Lipinski definition) is 2. The van der Waals surface area contributed by atoms with Crippen molar-refractivity contribution >= 4 is 52.9 Å². The van der Waals surface area contributed by atoms with Crippen molar-refractivity contribution in [3.8, 4) is 5.75 Å². The van der Waals surface area contributed by atoms with Gasteiger partial charge >= 0.3 is 0 Å². The highest BCUT2D eigenvalue weighted by Crippen LogP contribution is 2.40. The van der Waals surface area contributed by atoms with Crippen molar-refractivity contribution in [2.45, 2.75) is 24.8 Å². The molecule has 1 aliphatic rings. The van der Waals surface area contributed by atoms with Crippen LogP contribution in [-0.4, -0.2) is 39.9 Å². The van der Waals surface area contributed by atoms with Crippen LogP contribution in [0.5, 0.6) is 5.75 Å². The molecule has 154 valence electrons. The Morgan fingerprint density at radius 3 is 2.71 bits per heavy atom. The molecular weight excluding hydrogens is 509 g/mol. The molecule has 8 heteroatoms. The van der Waals surface area contributed by atoms with Gasteiger partial charge in [0.1, 0.15) is 5.75 Å². The summed E-state index contributed by atoms with van der Waals surface area (Å²) in [5.41, 5.74) is 2.26. The van der Waals surface area contributed by atoms with Crippen molar-refractivity contribution < 1.29 is 9.47 Å². The molecule has 0 radical (unpaired) electrons. The zero-order valence-corrected chi connectivity index (χ0v) is 20.1. The highest BCUT2D eigenvalue weighted by Gasteiger charge is 2.37. The van der Waals surface area contributed by atoms with Crippen molar-refractivity contribution in [1.82, 2.24) is 10.6 Å². The van der Waals surface area contributed by atoms with Gasteiger partial charge in [-0.25, -0.2) is 0 Å². The second-order valence-corrected chi connectivity index (χ2v) is 7.86. The molecule has 1 aromatic heterocycles. The molecule has 0 spiro atoms. The van der Waals surface area contributed by atoms with Gasteiger partial charge in [-0.1, -0.05) is 11.6 Å². The predicted octanol–water partition coefficient (Wildman–Crippen LogP) is 4.44. The standard InChI is InChI=1S/C20H26ClN3O2S.HI/c1-22-19(23-12-15-5-10-27-13-15)24-14-20(6-8-26-9-7-20)17-11-16(21)3-4-18(17)25-2;/h3-5,10-11,13H,6-9,12,14H2,1-2H3,(H2,22,23,24);1H. The smallest absolute Gasteiger partial charge is 0.191 e. The van der Waals surface area contributed by atoms with Gasteiger partial charge < -0.3 is 20.1 Å². The SMILES string of the molecule is CN=C(NCc1ccsc1)NCC1(c2cc(Cl)ccc2OC)CCOCC1.I. The van der Waals surface area contributed by atoms with Crippen LogP contribution in [0.25, 0.3) is 0 Å². The minimum absolute atomic E-state index is 0. The number of nitrogens with one attached hydrogen (secondary N) is 2. The Kier molecular flexibility index (Phi) is 9.33. The monoisotopic (exact) mass is 535 g/mol. The number of rotatable bonds is 6. The fraction of sp³-hybridized carbons (Fsp3) is 0.450. The average molecular weight is 536 g/mol. The van der Waals surface area contributed by atoms with Gasteiger partial charge in [0.2, 0.25) is 0 Å². The summed E-state index contributed by atoms with van der Waals surface area (Å²) in [7, 11) is 3.49. The van der Waals surface area contributed by atoms with Crippen molar-refractivity contribution in [1.29, 1.82) is 0 Å². The van der Waals surface area contributed by atoms with Crippen LogP contribution < -0.4 is 15.4 Å². The van der Waals surface area contributed by atoms with E-state index in [2.05, 4.69) is 32.5 Å². The summed E-state index contributed by atoms with van der Waals surface area (Å²) in [5.74, 6) is 1.65. The molecule has 1 aliphatic heterocycles. The maximum atomic E-state index is 6.31. The number of nitrogens with zero attached hydrogens (tertiary/aromatic N) is 1. The summed E-state index contributed by atoms with van der Waals surface area (Å²) in [6.45, 7) is 2.92. The lowest BCUT2D eigenvalue weighted by Gasteiger charge is -2.39. The number of benzene rings is 1. The molecule has 28 heavy (non-hydrogen) atoms. The zero-order chi connectivity index (χ0) is 19.1. The van der Waals surface area contributed by atoms with Crippen molar-refractivity contribution in [2.75, 3.05) is 33.9 Å². The second kappa shape index (κ2) is 11.2. The molecule has 3 rings (SSSR count). The molecule has 2 N–H and O–H groups in total. The molecule has 0 unspecified atom stereocenters. The minimum Gasteiger partial charge on any atom is -0.496 e. The topological polar surface area (TPSA) is 54.9 Å². The van der Waals surface area contributed by atoms with E-state index in [1.165, 1.54) is 5.56 Å².